The zero-order valence-electron chi connectivity index (χ0n) is 9.20. The molecular weight excluding hydrogens is 281 g/mol. The summed E-state index contributed by atoms with van der Waals surface area (Å²) in [4.78, 5) is 21.5. The molecule has 0 atom stereocenters. The molecule has 0 saturated heterocycles. The molecule has 18 heavy (non-hydrogen) atoms. The van der Waals surface area contributed by atoms with Crippen LogP contribution in [0.4, 0.5) is 5.69 Å². The molecule has 0 saturated carbocycles. The molecule has 0 aromatic heterocycles. The second kappa shape index (κ2) is 5.75. The number of halogens is 2. The van der Waals surface area contributed by atoms with Crippen molar-refractivity contribution in [3.8, 4) is 5.75 Å². The first-order valence-corrected chi connectivity index (χ1v) is 5.48. The second-order valence-corrected chi connectivity index (χ2v) is 4.14. The maximum absolute atomic E-state index is 11.3. The van der Waals surface area contributed by atoms with Gasteiger partial charge in [-0.25, -0.2) is 4.79 Å². The van der Waals surface area contributed by atoms with E-state index in [2.05, 4.69) is 5.32 Å². The molecule has 0 aliphatic rings. The lowest BCUT2D eigenvalue weighted by atomic mass is 10.2. The number of amides is 1. The van der Waals surface area contributed by atoms with Crippen LogP contribution in [0.5, 0.6) is 5.75 Å². The molecule has 0 fully saturated rings. The zero-order chi connectivity index (χ0) is 13.9. The molecule has 1 rings (SSSR count). The van der Waals surface area contributed by atoms with E-state index in [1.165, 1.54) is 6.07 Å². The van der Waals surface area contributed by atoms with E-state index in [1.807, 2.05) is 0 Å². The quantitative estimate of drug-likeness (QED) is 0.590. The summed E-state index contributed by atoms with van der Waals surface area (Å²) >= 11 is 11.6. The van der Waals surface area contributed by atoms with Gasteiger partial charge in [-0.15, -0.1) is 0 Å². The number of nitrogens with one attached hydrogen (secondary N) is 1. The van der Waals surface area contributed by atoms with Crippen molar-refractivity contribution in [1.29, 1.82) is 0 Å². The Kier molecular flexibility index (Phi) is 4.58. The molecule has 1 aromatic carbocycles. The highest BCUT2D eigenvalue weighted by Gasteiger charge is 2.13. The van der Waals surface area contributed by atoms with E-state index in [0.717, 1.165) is 6.08 Å². The molecule has 0 unspecified atom stereocenters. The first-order chi connectivity index (χ1) is 8.32. The molecule has 0 spiro atoms. The predicted octanol–water partition coefficient (Wildman–Crippen LogP) is 2.59. The van der Waals surface area contributed by atoms with Crippen molar-refractivity contribution < 1.29 is 19.8 Å². The molecule has 0 aliphatic carbocycles. The summed E-state index contributed by atoms with van der Waals surface area (Å²) in [6, 6.07) is 1.32. The van der Waals surface area contributed by atoms with Crippen LogP contribution in [0.1, 0.15) is 5.56 Å². The number of carbonyl (C=O) groups excluding carboxylic acids is 1. The Balaban J connectivity index is 2.99. The van der Waals surface area contributed by atoms with Crippen molar-refractivity contribution in [2.24, 2.45) is 0 Å². The second-order valence-electron chi connectivity index (χ2n) is 3.35. The number of hydrogen-bond donors (Lipinski definition) is 3. The van der Waals surface area contributed by atoms with E-state index >= 15 is 0 Å². The van der Waals surface area contributed by atoms with Crippen molar-refractivity contribution in [1.82, 2.24) is 0 Å². The number of carboxylic acid groups (broad SMARTS) is 1. The molecule has 5 nitrogen and oxygen atoms in total. The van der Waals surface area contributed by atoms with E-state index in [1.54, 1.807) is 6.92 Å². The lowest BCUT2D eigenvalue weighted by molar-refractivity contribution is -0.131. The van der Waals surface area contributed by atoms with E-state index in [4.69, 9.17) is 28.3 Å². The minimum Gasteiger partial charge on any atom is -0.504 e. The van der Waals surface area contributed by atoms with Gasteiger partial charge in [0.15, 0.2) is 5.75 Å². The highest BCUT2D eigenvalue weighted by atomic mass is 35.5. The van der Waals surface area contributed by atoms with Crippen LogP contribution in [-0.4, -0.2) is 22.1 Å². The number of phenols is 1. The Morgan fingerprint density at radius 1 is 1.33 bits per heavy atom. The normalized spacial score (nSPS) is 10.6. The number of aromatic hydroxyl groups is 1. The molecular formula is C11H9Cl2NO4. The lowest BCUT2D eigenvalue weighted by Crippen LogP contribution is -2.09. The maximum atomic E-state index is 11.3. The molecule has 96 valence electrons. The minimum absolute atomic E-state index is 0.00985. The first-order valence-electron chi connectivity index (χ1n) is 4.72. The van der Waals surface area contributed by atoms with Gasteiger partial charge in [0, 0.05) is 17.2 Å². The van der Waals surface area contributed by atoms with Crippen molar-refractivity contribution >= 4 is 40.8 Å². The smallest absolute Gasteiger partial charge is 0.328 e. The van der Waals surface area contributed by atoms with Gasteiger partial charge in [0.25, 0.3) is 0 Å². The Hall–Kier alpha value is -1.72. The van der Waals surface area contributed by atoms with E-state index in [-0.39, 0.29) is 21.5 Å². The summed E-state index contributed by atoms with van der Waals surface area (Å²) in [6.45, 7) is 1.61. The van der Waals surface area contributed by atoms with Crippen LogP contribution in [0.2, 0.25) is 10.0 Å². The molecule has 0 heterocycles. The first kappa shape index (κ1) is 14.3. The number of rotatable bonds is 3. The number of carbonyl (C=O) groups is 2. The van der Waals surface area contributed by atoms with Gasteiger partial charge in [-0.05, 0) is 18.6 Å². The Morgan fingerprint density at radius 2 is 1.94 bits per heavy atom. The average Bonchev–Trinajstić information content (AvgIpc) is 2.30. The van der Waals surface area contributed by atoms with Crippen LogP contribution in [-0.2, 0) is 9.59 Å². The molecule has 0 radical (unpaired) electrons. The maximum Gasteiger partial charge on any atom is 0.328 e. The van der Waals surface area contributed by atoms with Crippen LogP contribution >= 0.6 is 23.2 Å². The summed E-state index contributed by atoms with van der Waals surface area (Å²) in [5.41, 5.74) is 0.491. The minimum atomic E-state index is -1.26. The largest absolute Gasteiger partial charge is 0.504 e. The number of phenolic OH excluding ortho intramolecular Hbond substituents is 1. The standard InChI is InChI=1S/C11H9Cl2NO4/c1-5-6(12)4-7(11(18)10(5)13)14-8(15)2-3-9(16)17/h2-4,18H,1H3,(H,14,15)(H,16,17)/b3-2-. The summed E-state index contributed by atoms with van der Waals surface area (Å²) in [5.74, 6) is -2.30. The molecule has 1 aromatic rings. The fourth-order valence-corrected chi connectivity index (χ4v) is 1.58. The Bertz CT molecular complexity index is 540. The van der Waals surface area contributed by atoms with E-state index < -0.39 is 11.9 Å². The average molecular weight is 290 g/mol. The van der Waals surface area contributed by atoms with E-state index in [0.29, 0.717) is 11.6 Å². The van der Waals surface area contributed by atoms with Crippen LogP contribution in [0.25, 0.3) is 0 Å². The van der Waals surface area contributed by atoms with Crippen LogP contribution in [0.15, 0.2) is 18.2 Å². The van der Waals surface area contributed by atoms with Crippen molar-refractivity contribution in [3.63, 3.8) is 0 Å². The van der Waals surface area contributed by atoms with Gasteiger partial charge in [0.1, 0.15) is 0 Å². The van der Waals surface area contributed by atoms with Crippen molar-refractivity contribution in [2.45, 2.75) is 6.92 Å². The predicted molar refractivity (Wildman–Crippen MR) is 68.3 cm³/mol. The number of carboxylic acids is 1. The lowest BCUT2D eigenvalue weighted by Gasteiger charge is -2.10. The third-order valence-electron chi connectivity index (χ3n) is 2.06. The van der Waals surface area contributed by atoms with Crippen LogP contribution in [0.3, 0.4) is 0 Å². The third-order valence-corrected chi connectivity index (χ3v) is 2.91. The molecule has 1 amide bonds. The van der Waals surface area contributed by atoms with Gasteiger partial charge < -0.3 is 15.5 Å². The zero-order valence-corrected chi connectivity index (χ0v) is 10.7. The van der Waals surface area contributed by atoms with Gasteiger partial charge in [-0.2, -0.15) is 0 Å². The summed E-state index contributed by atoms with van der Waals surface area (Å²) in [5, 5.41) is 20.6. The fraction of sp³-hybridized carbons (Fsp3) is 0.0909. The Labute approximate surface area is 113 Å². The van der Waals surface area contributed by atoms with Crippen LogP contribution < -0.4 is 5.32 Å². The summed E-state index contributed by atoms with van der Waals surface area (Å²) in [7, 11) is 0. The summed E-state index contributed by atoms with van der Waals surface area (Å²) < 4.78 is 0. The summed E-state index contributed by atoms with van der Waals surface area (Å²) in [6.07, 6.45) is 1.48. The molecule has 7 heteroatoms. The van der Waals surface area contributed by atoms with Gasteiger partial charge in [0.05, 0.1) is 10.7 Å². The SMILES string of the molecule is Cc1c(Cl)cc(NC(=O)/C=C\C(=O)O)c(O)c1Cl. The van der Waals surface area contributed by atoms with Gasteiger partial charge in [-0.3, -0.25) is 4.79 Å². The molecule has 3 N–H and O–H groups in total. The molecule has 0 aliphatic heterocycles. The van der Waals surface area contributed by atoms with Crippen LogP contribution in [0, 0.1) is 6.92 Å². The third kappa shape index (κ3) is 3.38. The number of aliphatic carboxylic acids is 1. The number of benzene rings is 1. The van der Waals surface area contributed by atoms with Gasteiger partial charge in [0.2, 0.25) is 5.91 Å². The topological polar surface area (TPSA) is 86.6 Å². The number of anilines is 1. The van der Waals surface area contributed by atoms with Gasteiger partial charge in [-0.1, -0.05) is 23.2 Å². The highest BCUT2D eigenvalue weighted by Crippen LogP contribution is 2.38. The Morgan fingerprint density at radius 3 is 2.50 bits per heavy atom. The van der Waals surface area contributed by atoms with Gasteiger partial charge >= 0.3 is 5.97 Å². The molecule has 0 bridgehead atoms. The number of hydrogen-bond acceptors (Lipinski definition) is 3. The highest BCUT2D eigenvalue weighted by molar-refractivity contribution is 6.37. The fourth-order valence-electron chi connectivity index (χ4n) is 1.12. The van der Waals surface area contributed by atoms with Crippen molar-refractivity contribution in [2.75, 3.05) is 5.32 Å². The van der Waals surface area contributed by atoms with Crippen molar-refractivity contribution in [3.05, 3.63) is 33.8 Å². The monoisotopic (exact) mass is 289 g/mol. The van der Waals surface area contributed by atoms with E-state index in [9.17, 15) is 14.7 Å².